The van der Waals surface area contributed by atoms with E-state index >= 15 is 0 Å². The molecule has 1 rings (SSSR count). The molecular formula is C9H14O4. The first kappa shape index (κ1) is 10.0. The predicted octanol–water partition coefficient (Wildman–Crippen LogP) is 1.21. The van der Waals surface area contributed by atoms with Gasteiger partial charge in [-0.05, 0) is 17.8 Å². The van der Waals surface area contributed by atoms with Gasteiger partial charge in [-0.15, -0.1) is 0 Å². The second-order valence-corrected chi connectivity index (χ2v) is 4.24. The van der Waals surface area contributed by atoms with E-state index in [1.165, 1.54) is 0 Å². The first-order valence-electron chi connectivity index (χ1n) is 4.30. The minimum Gasteiger partial charge on any atom is -0.481 e. The lowest BCUT2D eigenvalue weighted by atomic mass is 9.54. The minimum absolute atomic E-state index is 0.00565. The van der Waals surface area contributed by atoms with Gasteiger partial charge >= 0.3 is 11.9 Å². The average Bonchev–Trinajstić information content (AvgIpc) is 1.96. The van der Waals surface area contributed by atoms with Gasteiger partial charge in [0.2, 0.25) is 0 Å². The van der Waals surface area contributed by atoms with Crippen LogP contribution in [0.3, 0.4) is 0 Å². The molecule has 0 aromatic heterocycles. The molecule has 0 saturated heterocycles. The lowest BCUT2D eigenvalue weighted by molar-refractivity contribution is -0.163. The molecule has 1 fully saturated rings. The van der Waals surface area contributed by atoms with Crippen LogP contribution in [0.25, 0.3) is 0 Å². The van der Waals surface area contributed by atoms with Crippen LogP contribution >= 0.6 is 0 Å². The van der Waals surface area contributed by atoms with E-state index in [1.54, 1.807) is 0 Å². The lowest BCUT2D eigenvalue weighted by Crippen LogP contribution is -2.49. The van der Waals surface area contributed by atoms with Crippen LogP contribution in [-0.4, -0.2) is 22.2 Å². The quantitative estimate of drug-likeness (QED) is 0.694. The molecule has 0 aromatic rings. The Morgan fingerprint density at radius 2 is 1.92 bits per heavy atom. The van der Waals surface area contributed by atoms with Crippen molar-refractivity contribution in [3.63, 3.8) is 0 Å². The van der Waals surface area contributed by atoms with Crippen molar-refractivity contribution < 1.29 is 19.8 Å². The largest absolute Gasteiger partial charge is 0.481 e. The van der Waals surface area contributed by atoms with Crippen LogP contribution in [0.4, 0.5) is 0 Å². The van der Waals surface area contributed by atoms with Crippen molar-refractivity contribution >= 4 is 11.9 Å². The van der Waals surface area contributed by atoms with Crippen LogP contribution in [0.1, 0.15) is 26.7 Å². The molecule has 0 bridgehead atoms. The van der Waals surface area contributed by atoms with E-state index in [9.17, 15) is 9.59 Å². The van der Waals surface area contributed by atoms with Crippen molar-refractivity contribution in [2.75, 3.05) is 0 Å². The smallest absolute Gasteiger partial charge is 0.307 e. The molecule has 0 radical (unpaired) electrons. The molecule has 4 nitrogen and oxygen atoms in total. The van der Waals surface area contributed by atoms with Crippen molar-refractivity contribution in [3.8, 4) is 0 Å². The van der Waals surface area contributed by atoms with Crippen molar-refractivity contribution in [2.45, 2.75) is 26.7 Å². The summed E-state index contributed by atoms with van der Waals surface area (Å²) in [7, 11) is 0. The number of rotatable bonds is 3. The maximum absolute atomic E-state index is 10.7. The highest BCUT2D eigenvalue weighted by atomic mass is 16.4. The predicted molar refractivity (Wildman–Crippen MR) is 45.3 cm³/mol. The maximum atomic E-state index is 10.7. The Labute approximate surface area is 76.6 Å². The summed E-state index contributed by atoms with van der Waals surface area (Å²) in [5, 5.41) is 17.3. The van der Waals surface area contributed by atoms with Crippen LogP contribution in [-0.2, 0) is 9.59 Å². The zero-order valence-corrected chi connectivity index (χ0v) is 7.78. The third-order valence-electron chi connectivity index (χ3n) is 3.19. The van der Waals surface area contributed by atoms with Gasteiger partial charge in [0, 0.05) is 6.42 Å². The first-order valence-corrected chi connectivity index (χ1v) is 4.30. The highest BCUT2D eigenvalue weighted by molar-refractivity contribution is 5.74. The van der Waals surface area contributed by atoms with Gasteiger partial charge in [-0.2, -0.15) is 0 Å². The average molecular weight is 186 g/mol. The molecule has 74 valence electrons. The van der Waals surface area contributed by atoms with Gasteiger partial charge in [0.05, 0.1) is 5.92 Å². The number of carboxylic acids is 2. The van der Waals surface area contributed by atoms with Gasteiger partial charge in [-0.25, -0.2) is 0 Å². The van der Waals surface area contributed by atoms with E-state index in [-0.39, 0.29) is 23.7 Å². The van der Waals surface area contributed by atoms with Crippen LogP contribution in [0.5, 0.6) is 0 Å². The fourth-order valence-corrected chi connectivity index (χ4v) is 1.99. The zero-order valence-electron chi connectivity index (χ0n) is 7.78. The minimum atomic E-state index is -0.845. The molecule has 0 aromatic carbocycles. The zero-order chi connectivity index (χ0) is 10.2. The molecule has 0 amide bonds. The van der Waals surface area contributed by atoms with E-state index in [2.05, 4.69) is 0 Å². The summed E-state index contributed by atoms with van der Waals surface area (Å²) in [6.45, 7) is 3.64. The van der Waals surface area contributed by atoms with Crippen molar-refractivity contribution in [1.82, 2.24) is 0 Å². The van der Waals surface area contributed by atoms with Crippen molar-refractivity contribution in [1.29, 1.82) is 0 Å². The van der Waals surface area contributed by atoms with Gasteiger partial charge in [-0.3, -0.25) is 9.59 Å². The number of carboxylic acid groups (broad SMARTS) is 2. The molecule has 1 aliphatic rings. The fraction of sp³-hybridized carbons (Fsp3) is 0.778. The monoisotopic (exact) mass is 186 g/mol. The van der Waals surface area contributed by atoms with E-state index in [1.807, 2.05) is 13.8 Å². The van der Waals surface area contributed by atoms with Crippen LogP contribution in [0.15, 0.2) is 0 Å². The molecule has 2 N–H and O–H groups in total. The normalized spacial score (nSPS) is 30.6. The van der Waals surface area contributed by atoms with E-state index < -0.39 is 11.9 Å². The van der Waals surface area contributed by atoms with Gasteiger partial charge in [0.25, 0.3) is 0 Å². The molecule has 1 aliphatic carbocycles. The topological polar surface area (TPSA) is 74.6 Å². The van der Waals surface area contributed by atoms with E-state index in [0.717, 1.165) is 0 Å². The molecule has 2 atom stereocenters. The SMILES string of the molecule is CC1(C)[C@H](CC(=O)O)C[C@@H]1C(=O)O. The molecule has 0 spiro atoms. The molecule has 0 heterocycles. The highest BCUT2D eigenvalue weighted by Gasteiger charge is 2.52. The molecular weight excluding hydrogens is 172 g/mol. The summed E-state index contributed by atoms with van der Waals surface area (Å²) in [4.78, 5) is 21.1. The Kier molecular flexibility index (Phi) is 2.32. The number of hydrogen-bond acceptors (Lipinski definition) is 2. The molecule has 1 saturated carbocycles. The number of hydrogen-bond donors (Lipinski definition) is 2. The summed E-state index contributed by atoms with van der Waals surface area (Å²) in [5.41, 5.74) is -0.371. The Balaban J connectivity index is 2.59. The number of aliphatic carboxylic acids is 2. The number of carbonyl (C=O) groups is 2. The summed E-state index contributed by atoms with van der Waals surface area (Å²) < 4.78 is 0. The van der Waals surface area contributed by atoms with Gasteiger partial charge in [0.15, 0.2) is 0 Å². The van der Waals surface area contributed by atoms with Crippen molar-refractivity contribution in [3.05, 3.63) is 0 Å². The second kappa shape index (κ2) is 3.01. The Hall–Kier alpha value is -1.06. The summed E-state index contributed by atoms with van der Waals surface area (Å²) in [6, 6.07) is 0. The van der Waals surface area contributed by atoms with Gasteiger partial charge < -0.3 is 10.2 Å². The maximum Gasteiger partial charge on any atom is 0.307 e. The van der Waals surface area contributed by atoms with Crippen molar-refractivity contribution in [2.24, 2.45) is 17.3 Å². The van der Waals surface area contributed by atoms with Gasteiger partial charge in [0.1, 0.15) is 0 Å². The molecule has 0 aliphatic heterocycles. The Morgan fingerprint density at radius 1 is 1.38 bits per heavy atom. The second-order valence-electron chi connectivity index (χ2n) is 4.24. The van der Waals surface area contributed by atoms with Crippen LogP contribution < -0.4 is 0 Å². The fourth-order valence-electron chi connectivity index (χ4n) is 1.99. The summed E-state index contributed by atoms with van der Waals surface area (Å²) in [6.07, 6.45) is 0.575. The molecule has 13 heavy (non-hydrogen) atoms. The standard InChI is InChI=1S/C9H14O4/c1-9(2)5(4-7(10)11)3-6(9)8(12)13/h5-6H,3-4H2,1-2H3,(H,10,11)(H,12,13)/t5-,6+/m0/s1. The van der Waals surface area contributed by atoms with E-state index in [4.69, 9.17) is 10.2 Å². The molecule has 0 unspecified atom stereocenters. The van der Waals surface area contributed by atoms with E-state index in [0.29, 0.717) is 6.42 Å². The Bertz CT molecular complexity index is 244. The third-order valence-corrected chi connectivity index (χ3v) is 3.19. The Morgan fingerprint density at radius 3 is 2.23 bits per heavy atom. The molecule has 4 heteroatoms. The van der Waals surface area contributed by atoms with Gasteiger partial charge in [-0.1, -0.05) is 13.8 Å². The highest BCUT2D eigenvalue weighted by Crippen LogP contribution is 2.52. The van der Waals surface area contributed by atoms with Crippen LogP contribution in [0, 0.1) is 17.3 Å². The third kappa shape index (κ3) is 1.66. The van der Waals surface area contributed by atoms with Crippen LogP contribution in [0.2, 0.25) is 0 Å². The summed E-state index contributed by atoms with van der Waals surface area (Å²) >= 11 is 0. The first-order chi connectivity index (χ1) is 5.85. The summed E-state index contributed by atoms with van der Waals surface area (Å²) in [5.74, 6) is -2.03. The lowest BCUT2D eigenvalue weighted by Gasteiger charge is -2.49.